The van der Waals surface area contributed by atoms with E-state index in [4.69, 9.17) is 4.98 Å². The normalized spacial score (nSPS) is 16.4. The number of nitrogens with zero attached hydrogens (tertiary/aromatic N) is 1. The van der Waals surface area contributed by atoms with Crippen LogP contribution in [0, 0.1) is 11.8 Å². The van der Waals surface area contributed by atoms with Gasteiger partial charge in [-0.3, -0.25) is 14.6 Å². The molecule has 184 valence electrons. The minimum Gasteiger partial charge on any atom is -0.480 e. The molecule has 1 aromatic rings. The largest absolute Gasteiger partial charge is 0.480 e. The number of nitrogens with one attached hydrogen (secondary N) is 3. The van der Waals surface area contributed by atoms with Gasteiger partial charge in [0.2, 0.25) is 11.8 Å². The molecule has 0 radical (unpaired) electrons. The maximum atomic E-state index is 12.8. The maximum absolute atomic E-state index is 12.8. The Kier molecular flexibility index (Phi) is 10.8. The molecule has 0 unspecified atom stereocenters. The van der Waals surface area contributed by atoms with E-state index in [0.717, 1.165) is 37.3 Å². The molecule has 8 heteroatoms. The number of amides is 2. The number of hydrogen-bond acceptors (Lipinski definition) is 5. The summed E-state index contributed by atoms with van der Waals surface area (Å²) < 4.78 is 0. The Labute approximate surface area is 197 Å². The molecule has 0 spiro atoms. The van der Waals surface area contributed by atoms with E-state index in [2.05, 4.69) is 22.0 Å². The van der Waals surface area contributed by atoms with Crippen molar-refractivity contribution in [1.29, 1.82) is 0 Å². The Morgan fingerprint density at radius 2 is 1.67 bits per heavy atom. The van der Waals surface area contributed by atoms with E-state index in [1.807, 2.05) is 39.8 Å². The molecule has 1 aromatic heterocycles. The molecule has 1 saturated heterocycles. The van der Waals surface area contributed by atoms with Crippen LogP contribution in [0.1, 0.15) is 77.1 Å². The third-order valence-corrected chi connectivity index (χ3v) is 5.87. The maximum Gasteiger partial charge on any atom is 0.326 e. The van der Waals surface area contributed by atoms with E-state index in [9.17, 15) is 19.5 Å². The van der Waals surface area contributed by atoms with Crippen molar-refractivity contribution in [3.63, 3.8) is 0 Å². The van der Waals surface area contributed by atoms with Gasteiger partial charge in [-0.25, -0.2) is 4.79 Å². The fraction of sp³-hybridized carbons (Fsp3) is 0.680. The summed E-state index contributed by atoms with van der Waals surface area (Å²) in [4.78, 5) is 41.7. The van der Waals surface area contributed by atoms with E-state index in [1.165, 1.54) is 0 Å². The van der Waals surface area contributed by atoms with Crippen LogP contribution in [0.2, 0.25) is 0 Å². The molecular formula is C25H40N4O4. The Morgan fingerprint density at radius 1 is 1.03 bits per heavy atom. The molecular weight excluding hydrogens is 420 g/mol. The van der Waals surface area contributed by atoms with Gasteiger partial charge in [0.1, 0.15) is 12.1 Å². The standard InChI is InChI=1S/C25H40N4O4/c1-16(2)14-21(24(31)29-22(25(32)33)15-17(3)4)28-23(30)9-8-19-6-5-7-20(27-19)18-10-12-26-13-11-18/h5-7,16-18,21-22,26H,8-15H2,1-4H3,(H,28,30)(H,29,31)(H,32,33)/t21-,22-/m0/s1. The first-order valence-electron chi connectivity index (χ1n) is 12.1. The van der Waals surface area contributed by atoms with Crippen LogP contribution >= 0.6 is 0 Å². The van der Waals surface area contributed by atoms with Crippen molar-refractivity contribution in [2.45, 2.75) is 84.2 Å². The molecule has 0 bridgehead atoms. The molecule has 2 rings (SSSR count). The summed E-state index contributed by atoms with van der Waals surface area (Å²) in [6, 6.07) is 4.25. The number of carbonyl (C=O) groups excluding carboxylic acids is 2. The Balaban J connectivity index is 1.95. The van der Waals surface area contributed by atoms with Crippen LogP contribution < -0.4 is 16.0 Å². The highest BCUT2D eigenvalue weighted by Crippen LogP contribution is 2.23. The molecule has 0 aromatic carbocycles. The molecule has 2 heterocycles. The van der Waals surface area contributed by atoms with Gasteiger partial charge in [-0.15, -0.1) is 0 Å². The van der Waals surface area contributed by atoms with Crippen molar-refractivity contribution >= 4 is 17.8 Å². The number of hydrogen-bond donors (Lipinski definition) is 4. The van der Waals surface area contributed by atoms with Crippen LogP contribution in [0.5, 0.6) is 0 Å². The van der Waals surface area contributed by atoms with Crippen molar-refractivity contribution in [1.82, 2.24) is 20.9 Å². The number of aliphatic carboxylic acids is 1. The number of aryl methyl sites for hydroxylation is 1. The molecule has 2 amide bonds. The van der Waals surface area contributed by atoms with E-state index < -0.39 is 24.0 Å². The topological polar surface area (TPSA) is 120 Å². The van der Waals surface area contributed by atoms with Crippen molar-refractivity contribution in [2.24, 2.45) is 11.8 Å². The quantitative estimate of drug-likeness (QED) is 0.381. The molecule has 1 aliphatic heterocycles. The molecule has 8 nitrogen and oxygen atoms in total. The highest BCUT2D eigenvalue weighted by Gasteiger charge is 2.27. The van der Waals surface area contributed by atoms with E-state index in [1.54, 1.807) is 0 Å². The molecule has 0 aliphatic carbocycles. The van der Waals surface area contributed by atoms with Crippen LogP contribution in [-0.4, -0.2) is 53.0 Å². The SMILES string of the molecule is CC(C)C[C@H](NC(=O)[C@H](CC(C)C)NC(=O)CCc1cccc(C2CCNCC2)n1)C(=O)O. The van der Waals surface area contributed by atoms with E-state index >= 15 is 0 Å². The first kappa shape index (κ1) is 26.8. The minimum atomic E-state index is -1.06. The summed E-state index contributed by atoms with van der Waals surface area (Å²) in [5, 5.41) is 18.2. The van der Waals surface area contributed by atoms with Crippen molar-refractivity contribution in [2.75, 3.05) is 13.1 Å². The number of carboxylic acids is 1. The predicted molar refractivity (Wildman–Crippen MR) is 128 cm³/mol. The smallest absolute Gasteiger partial charge is 0.326 e. The zero-order valence-corrected chi connectivity index (χ0v) is 20.4. The van der Waals surface area contributed by atoms with Gasteiger partial charge >= 0.3 is 5.97 Å². The zero-order valence-electron chi connectivity index (χ0n) is 20.4. The zero-order chi connectivity index (χ0) is 24.4. The van der Waals surface area contributed by atoms with Gasteiger partial charge in [0.15, 0.2) is 0 Å². The number of rotatable bonds is 12. The number of carboxylic acid groups (broad SMARTS) is 1. The Bertz CT molecular complexity index is 790. The fourth-order valence-corrected chi connectivity index (χ4v) is 4.16. The van der Waals surface area contributed by atoms with Crippen LogP contribution in [0.15, 0.2) is 18.2 Å². The lowest BCUT2D eigenvalue weighted by Gasteiger charge is -2.23. The van der Waals surface area contributed by atoms with Gasteiger partial charge in [-0.1, -0.05) is 33.8 Å². The van der Waals surface area contributed by atoms with E-state index in [-0.39, 0.29) is 24.2 Å². The molecule has 33 heavy (non-hydrogen) atoms. The van der Waals surface area contributed by atoms with Crippen molar-refractivity contribution in [3.05, 3.63) is 29.6 Å². The lowest BCUT2D eigenvalue weighted by atomic mass is 9.94. The second kappa shape index (κ2) is 13.3. The fourth-order valence-electron chi connectivity index (χ4n) is 4.16. The van der Waals surface area contributed by atoms with Crippen LogP contribution in [-0.2, 0) is 20.8 Å². The van der Waals surface area contributed by atoms with Gasteiger partial charge in [-0.2, -0.15) is 0 Å². The summed E-state index contributed by atoms with van der Waals surface area (Å²) >= 11 is 0. The van der Waals surface area contributed by atoms with Crippen molar-refractivity contribution < 1.29 is 19.5 Å². The highest BCUT2D eigenvalue weighted by atomic mass is 16.4. The van der Waals surface area contributed by atoms with Gasteiger partial charge in [0.05, 0.1) is 0 Å². The summed E-state index contributed by atoms with van der Waals surface area (Å²) in [6.07, 6.45) is 3.62. The van der Waals surface area contributed by atoms with Crippen LogP contribution in [0.25, 0.3) is 0 Å². The van der Waals surface area contributed by atoms with Crippen molar-refractivity contribution in [3.8, 4) is 0 Å². The number of carbonyl (C=O) groups is 3. The summed E-state index contributed by atoms with van der Waals surface area (Å²) in [7, 11) is 0. The first-order valence-corrected chi connectivity index (χ1v) is 12.1. The van der Waals surface area contributed by atoms with Gasteiger partial charge in [-0.05, 0) is 69.2 Å². The monoisotopic (exact) mass is 460 g/mol. The molecule has 1 aliphatic rings. The second-order valence-corrected chi connectivity index (χ2v) is 9.86. The predicted octanol–water partition coefficient (Wildman–Crippen LogP) is 2.63. The highest BCUT2D eigenvalue weighted by molar-refractivity contribution is 5.90. The van der Waals surface area contributed by atoms with Crippen LogP contribution in [0.3, 0.4) is 0 Å². The van der Waals surface area contributed by atoms with Crippen LogP contribution in [0.4, 0.5) is 0 Å². The lowest BCUT2D eigenvalue weighted by molar-refractivity contribution is -0.142. The van der Waals surface area contributed by atoms with E-state index in [0.29, 0.717) is 25.2 Å². The average Bonchev–Trinajstić information content (AvgIpc) is 2.77. The van der Waals surface area contributed by atoms with Gasteiger partial charge in [0.25, 0.3) is 0 Å². The number of aromatic nitrogens is 1. The third-order valence-electron chi connectivity index (χ3n) is 5.87. The molecule has 2 atom stereocenters. The lowest BCUT2D eigenvalue weighted by Crippen LogP contribution is -2.52. The van der Waals surface area contributed by atoms with Gasteiger partial charge < -0.3 is 21.1 Å². The first-order chi connectivity index (χ1) is 15.7. The second-order valence-electron chi connectivity index (χ2n) is 9.86. The Hall–Kier alpha value is -2.48. The molecule has 1 fully saturated rings. The summed E-state index contributed by atoms with van der Waals surface area (Å²) in [5.41, 5.74) is 1.95. The third kappa shape index (κ3) is 9.50. The summed E-state index contributed by atoms with van der Waals surface area (Å²) in [5.74, 6) is -1.01. The summed E-state index contributed by atoms with van der Waals surface area (Å²) in [6.45, 7) is 9.74. The molecule has 4 N–H and O–H groups in total. The average molecular weight is 461 g/mol. The number of piperidine rings is 1. The molecule has 0 saturated carbocycles. The number of pyridine rings is 1. The minimum absolute atomic E-state index is 0.123. The van der Waals surface area contributed by atoms with Gasteiger partial charge in [0, 0.05) is 23.7 Å². The Morgan fingerprint density at radius 3 is 2.27 bits per heavy atom.